The van der Waals surface area contributed by atoms with Crippen molar-refractivity contribution >= 4 is 33.3 Å². The lowest BCUT2D eigenvalue weighted by Crippen LogP contribution is -2.26. The molecule has 7 heteroatoms. The number of hydrogen-bond donors (Lipinski definition) is 0. The van der Waals surface area contributed by atoms with Crippen molar-refractivity contribution in [3.8, 4) is 11.4 Å². The molecule has 0 N–H and O–H groups in total. The molecule has 0 saturated carbocycles. The van der Waals surface area contributed by atoms with Gasteiger partial charge in [0.2, 0.25) is 4.96 Å². The molecule has 0 aliphatic carbocycles. The van der Waals surface area contributed by atoms with Crippen LogP contribution in [0.1, 0.15) is 5.56 Å². The smallest absolute Gasteiger partial charge is 0.291 e. The van der Waals surface area contributed by atoms with Crippen molar-refractivity contribution in [1.82, 2.24) is 19.2 Å². The maximum Gasteiger partial charge on any atom is 0.291 e. The van der Waals surface area contributed by atoms with Crippen LogP contribution >= 0.6 is 11.3 Å². The summed E-state index contributed by atoms with van der Waals surface area (Å²) in [7, 11) is 1.73. The molecule has 5 aromatic rings. The van der Waals surface area contributed by atoms with Gasteiger partial charge in [-0.25, -0.2) is 0 Å². The molecule has 3 heterocycles. The molecule has 2 aromatic carbocycles. The monoisotopic (exact) mass is 386 g/mol. The molecule has 0 saturated heterocycles. The Morgan fingerprint density at radius 3 is 2.50 bits per heavy atom. The second-order valence-electron chi connectivity index (χ2n) is 6.43. The second kappa shape index (κ2) is 6.24. The summed E-state index contributed by atoms with van der Waals surface area (Å²) >= 11 is 1.23. The van der Waals surface area contributed by atoms with Crippen LogP contribution in [0.25, 0.3) is 33.3 Å². The fraction of sp³-hybridized carbons (Fsp3) is 0.0476. The van der Waals surface area contributed by atoms with Gasteiger partial charge in [-0.1, -0.05) is 59.9 Å². The predicted octanol–water partition coefficient (Wildman–Crippen LogP) is 2.22. The van der Waals surface area contributed by atoms with Gasteiger partial charge in [0.05, 0.1) is 10.0 Å². The number of aromatic nitrogens is 4. The van der Waals surface area contributed by atoms with Gasteiger partial charge in [-0.3, -0.25) is 9.59 Å². The van der Waals surface area contributed by atoms with Crippen LogP contribution in [0.5, 0.6) is 0 Å². The molecule has 0 amide bonds. The average Bonchev–Trinajstić information content (AvgIpc) is 3.26. The Morgan fingerprint density at radius 2 is 1.71 bits per heavy atom. The highest BCUT2D eigenvalue weighted by molar-refractivity contribution is 7.15. The van der Waals surface area contributed by atoms with Gasteiger partial charge in [0.25, 0.3) is 11.1 Å². The first-order valence-electron chi connectivity index (χ1n) is 8.67. The minimum Gasteiger partial charge on any atom is -0.311 e. The van der Waals surface area contributed by atoms with E-state index in [0.29, 0.717) is 20.9 Å². The molecule has 6 nitrogen and oxygen atoms in total. The van der Waals surface area contributed by atoms with E-state index in [1.54, 1.807) is 17.7 Å². The van der Waals surface area contributed by atoms with Gasteiger partial charge in [0.1, 0.15) is 0 Å². The van der Waals surface area contributed by atoms with Crippen LogP contribution in [0.15, 0.2) is 70.3 Å². The minimum atomic E-state index is -0.273. The number of fused-ring (bicyclic) bond motifs is 2. The zero-order chi connectivity index (χ0) is 19.3. The Balaban J connectivity index is 1.69. The van der Waals surface area contributed by atoms with E-state index in [1.165, 1.54) is 15.9 Å². The van der Waals surface area contributed by atoms with Crippen LogP contribution in [0.3, 0.4) is 0 Å². The third-order valence-corrected chi connectivity index (χ3v) is 5.62. The summed E-state index contributed by atoms with van der Waals surface area (Å²) in [4.78, 5) is 30.4. The van der Waals surface area contributed by atoms with Crippen molar-refractivity contribution in [2.24, 2.45) is 7.05 Å². The first kappa shape index (κ1) is 16.6. The van der Waals surface area contributed by atoms with Gasteiger partial charge >= 0.3 is 0 Å². The normalized spacial score (nSPS) is 12.2. The molecule has 0 unspecified atom stereocenters. The van der Waals surface area contributed by atoms with Crippen molar-refractivity contribution in [3.05, 3.63) is 91.5 Å². The molecular formula is C21H14N4O2S. The fourth-order valence-electron chi connectivity index (χ4n) is 3.24. The SMILES string of the molecule is Cn1c(=O)c(/C=c2\sc3nc(-c4ccccc4)nn3c2=O)cc2ccccc21. The minimum absolute atomic E-state index is 0.151. The summed E-state index contributed by atoms with van der Waals surface area (Å²) in [5.41, 5.74) is 1.74. The number of pyridine rings is 1. The van der Waals surface area contributed by atoms with Gasteiger partial charge < -0.3 is 4.57 Å². The number of hydrogen-bond acceptors (Lipinski definition) is 5. The van der Waals surface area contributed by atoms with E-state index in [1.807, 2.05) is 60.7 Å². The first-order valence-corrected chi connectivity index (χ1v) is 9.49. The molecule has 0 atom stereocenters. The summed E-state index contributed by atoms with van der Waals surface area (Å²) in [5, 5.41) is 5.27. The molecule has 0 radical (unpaired) electrons. The maximum atomic E-state index is 12.8. The van der Waals surface area contributed by atoms with Crippen molar-refractivity contribution in [2.45, 2.75) is 0 Å². The van der Waals surface area contributed by atoms with E-state index in [0.717, 1.165) is 16.5 Å². The molecule has 0 aliphatic heterocycles. The molecule has 0 aliphatic rings. The largest absolute Gasteiger partial charge is 0.311 e. The van der Waals surface area contributed by atoms with E-state index in [4.69, 9.17) is 0 Å². The highest BCUT2D eigenvalue weighted by Gasteiger charge is 2.12. The Bertz CT molecular complexity index is 1510. The standard InChI is InChI=1S/C21H14N4O2S/c1-24-16-10-6-5-9-14(16)11-15(19(24)26)12-17-20(27)25-21(28-17)22-18(23-25)13-7-3-2-4-8-13/h2-12H,1H3/b17-12-. The molecule has 3 aromatic heterocycles. The number of aryl methyl sites for hydroxylation is 1. The molecule has 28 heavy (non-hydrogen) atoms. The second-order valence-corrected chi connectivity index (χ2v) is 7.44. The number of benzene rings is 2. The summed E-state index contributed by atoms with van der Waals surface area (Å²) in [5.74, 6) is 0.511. The molecule has 0 bridgehead atoms. The Hall–Kier alpha value is -3.58. The average molecular weight is 386 g/mol. The lowest BCUT2D eigenvalue weighted by Gasteiger charge is -2.05. The summed E-state index contributed by atoms with van der Waals surface area (Å²) in [6.45, 7) is 0. The number of nitrogens with zero attached hydrogens (tertiary/aromatic N) is 4. The van der Waals surface area contributed by atoms with Crippen LogP contribution in [0.2, 0.25) is 0 Å². The number of para-hydroxylation sites is 1. The van der Waals surface area contributed by atoms with Crippen LogP contribution in [0, 0.1) is 0 Å². The van der Waals surface area contributed by atoms with Crippen LogP contribution in [-0.4, -0.2) is 19.2 Å². The van der Waals surface area contributed by atoms with E-state index in [9.17, 15) is 9.59 Å². The van der Waals surface area contributed by atoms with Crippen LogP contribution < -0.4 is 15.7 Å². The predicted molar refractivity (Wildman–Crippen MR) is 111 cm³/mol. The fourth-order valence-corrected chi connectivity index (χ4v) is 4.13. The van der Waals surface area contributed by atoms with Crippen LogP contribution in [-0.2, 0) is 7.05 Å². The molecule has 0 spiro atoms. The third-order valence-electron chi connectivity index (χ3n) is 4.66. The number of thiazole rings is 1. The van der Waals surface area contributed by atoms with Crippen LogP contribution in [0.4, 0.5) is 0 Å². The Labute approximate surface area is 162 Å². The van der Waals surface area contributed by atoms with Gasteiger partial charge in [-0.2, -0.15) is 9.50 Å². The van der Waals surface area contributed by atoms with Gasteiger partial charge in [-0.05, 0) is 23.6 Å². The highest BCUT2D eigenvalue weighted by atomic mass is 32.1. The highest BCUT2D eigenvalue weighted by Crippen LogP contribution is 2.16. The quantitative estimate of drug-likeness (QED) is 0.467. The summed E-state index contributed by atoms with van der Waals surface area (Å²) in [6, 6.07) is 19.0. The van der Waals surface area contributed by atoms with Gasteiger partial charge in [0, 0.05) is 18.2 Å². The Kier molecular flexibility index (Phi) is 3.70. The first-order chi connectivity index (χ1) is 13.6. The lowest BCUT2D eigenvalue weighted by atomic mass is 10.1. The van der Waals surface area contributed by atoms with E-state index < -0.39 is 0 Å². The van der Waals surface area contributed by atoms with E-state index >= 15 is 0 Å². The summed E-state index contributed by atoms with van der Waals surface area (Å²) in [6.07, 6.45) is 1.63. The lowest BCUT2D eigenvalue weighted by molar-refractivity contribution is 0.902. The molecule has 136 valence electrons. The van der Waals surface area contributed by atoms with Gasteiger partial charge in [0.15, 0.2) is 5.82 Å². The summed E-state index contributed by atoms with van der Waals surface area (Å²) < 4.78 is 3.32. The van der Waals surface area contributed by atoms with Crippen molar-refractivity contribution in [2.75, 3.05) is 0 Å². The molecular weight excluding hydrogens is 372 g/mol. The molecule has 0 fully saturated rings. The third kappa shape index (κ3) is 2.56. The zero-order valence-electron chi connectivity index (χ0n) is 14.9. The van der Waals surface area contributed by atoms with E-state index in [2.05, 4.69) is 10.1 Å². The Morgan fingerprint density at radius 1 is 0.964 bits per heavy atom. The van der Waals surface area contributed by atoms with Crippen molar-refractivity contribution in [1.29, 1.82) is 0 Å². The van der Waals surface area contributed by atoms with Crippen molar-refractivity contribution < 1.29 is 0 Å². The van der Waals surface area contributed by atoms with E-state index in [-0.39, 0.29) is 11.1 Å². The van der Waals surface area contributed by atoms with Gasteiger partial charge in [-0.15, -0.1) is 5.10 Å². The topological polar surface area (TPSA) is 69.3 Å². The van der Waals surface area contributed by atoms with Crippen molar-refractivity contribution in [3.63, 3.8) is 0 Å². The molecule has 5 rings (SSSR count). The zero-order valence-corrected chi connectivity index (χ0v) is 15.7. The maximum absolute atomic E-state index is 12.8. The number of rotatable bonds is 2.